The summed E-state index contributed by atoms with van der Waals surface area (Å²) in [4.78, 5) is 36.5. The molecule has 176 valence electrons. The summed E-state index contributed by atoms with van der Waals surface area (Å²) in [7, 11) is 0. The number of piperidine rings is 1. The summed E-state index contributed by atoms with van der Waals surface area (Å²) in [6, 6.07) is 11.4. The van der Waals surface area contributed by atoms with Crippen LogP contribution in [0.15, 0.2) is 67.4 Å². The lowest BCUT2D eigenvalue weighted by Gasteiger charge is -2.31. The molecule has 0 spiro atoms. The minimum atomic E-state index is -0.448. The SMILES string of the molecule is Cc1cc(Oc2ccccc2F)nc(C2CCN(C(=O)c3ccnc(-c4cncnc4)c3)CC2)n1. The molecule has 8 nitrogen and oxygen atoms in total. The largest absolute Gasteiger partial charge is 0.436 e. The normalized spacial score (nSPS) is 14.1. The second-order valence-corrected chi connectivity index (χ2v) is 8.36. The van der Waals surface area contributed by atoms with Gasteiger partial charge in [0.1, 0.15) is 12.2 Å². The monoisotopic (exact) mass is 470 g/mol. The highest BCUT2D eigenvalue weighted by Gasteiger charge is 2.27. The molecular formula is C26H23FN6O2. The van der Waals surface area contributed by atoms with E-state index in [1.165, 1.54) is 12.4 Å². The van der Waals surface area contributed by atoms with Gasteiger partial charge in [-0.15, -0.1) is 0 Å². The van der Waals surface area contributed by atoms with Crippen LogP contribution in [0.2, 0.25) is 0 Å². The first-order valence-electron chi connectivity index (χ1n) is 11.4. The van der Waals surface area contributed by atoms with E-state index in [0.29, 0.717) is 36.1 Å². The quantitative estimate of drug-likeness (QED) is 0.421. The van der Waals surface area contributed by atoms with E-state index in [4.69, 9.17) is 4.74 Å². The van der Waals surface area contributed by atoms with E-state index < -0.39 is 5.82 Å². The van der Waals surface area contributed by atoms with Gasteiger partial charge in [-0.2, -0.15) is 4.98 Å². The van der Waals surface area contributed by atoms with Gasteiger partial charge in [0.25, 0.3) is 5.91 Å². The maximum Gasteiger partial charge on any atom is 0.253 e. The van der Waals surface area contributed by atoms with Crippen molar-refractivity contribution in [1.82, 2.24) is 29.8 Å². The Balaban J connectivity index is 1.26. The standard InChI is InChI=1S/C26H23FN6O2/c1-17-12-24(35-23-5-3-2-4-21(23)27)32-25(31-17)18-7-10-33(11-8-18)26(34)19-6-9-30-22(13-19)20-14-28-16-29-15-20/h2-6,9,12-16,18H,7-8,10-11H2,1H3. The van der Waals surface area contributed by atoms with Crippen molar-refractivity contribution >= 4 is 5.91 Å². The third-order valence-electron chi connectivity index (χ3n) is 5.91. The number of para-hydroxylation sites is 1. The maximum atomic E-state index is 14.0. The molecule has 1 aliphatic heterocycles. The average molecular weight is 471 g/mol. The Hall–Kier alpha value is -4.27. The van der Waals surface area contributed by atoms with Crippen LogP contribution in [0.3, 0.4) is 0 Å². The molecule has 0 bridgehead atoms. The molecule has 1 aliphatic rings. The van der Waals surface area contributed by atoms with E-state index in [1.807, 2.05) is 11.8 Å². The van der Waals surface area contributed by atoms with Gasteiger partial charge in [0, 0.05) is 60.5 Å². The molecule has 0 N–H and O–H groups in total. The fraction of sp³-hybridized carbons (Fsp3) is 0.231. The molecule has 0 atom stereocenters. The van der Waals surface area contributed by atoms with Gasteiger partial charge in [0.2, 0.25) is 5.88 Å². The molecule has 4 aromatic rings. The Morgan fingerprint density at radius 3 is 2.60 bits per heavy atom. The molecule has 35 heavy (non-hydrogen) atoms. The Labute approximate surface area is 201 Å². The van der Waals surface area contributed by atoms with Crippen molar-refractivity contribution in [3.63, 3.8) is 0 Å². The van der Waals surface area contributed by atoms with Crippen molar-refractivity contribution in [3.05, 3.63) is 90.3 Å². The number of halogens is 1. The Kier molecular flexibility index (Phi) is 6.38. The highest BCUT2D eigenvalue weighted by atomic mass is 19.1. The highest BCUT2D eigenvalue weighted by molar-refractivity contribution is 5.95. The molecule has 5 rings (SSSR count). The van der Waals surface area contributed by atoms with E-state index in [-0.39, 0.29) is 17.6 Å². The van der Waals surface area contributed by atoms with Gasteiger partial charge in [-0.05, 0) is 44.0 Å². The molecule has 0 saturated carbocycles. The minimum absolute atomic E-state index is 0.0438. The third-order valence-corrected chi connectivity index (χ3v) is 5.91. The number of pyridine rings is 1. The van der Waals surface area contributed by atoms with Gasteiger partial charge in [-0.25, -0.2) is 19.3 Å². The number of hydrogen-bond donors (Lipinski definition) is 0. The number of amides is 1. The topological polar surface area (TPSA) is 94.0 Å². The summed E-state index contributed by atoms with van der Waals surface area (Å²) >= 11 is 0. The van der Waals surface area contributed by atoms with Crippen molar-refractivity contribution in [1.29, 1.82) is 0 Å². The fourth-order valence-electron chi connectivity index (χ4n) is 4.11. The van der Waals surface area contributed by atoms with E-state index in [1.54, 1.807) is 55.0 Å². The smallest absolute Gasteiger partial charge is 0.253 e. The molecule has 1 fully saturated rings. The zero-order valence-electron chi connectivity index (χ0n) is 19.1. The third kappa shape index (κ3) is 5.13. The van der Waals surface area contributed by atoms with Crippen molar-refractivity contribution in [3.8, 4) is 22.9 Å². The first kappa shape index (κ1) is 22.5. The van der Waals surface area contributed by atoms with Gasteiger partial charge in [-0.3, -0.25) is 9.78 Å². The second-order valence-electron chi connectivity index (χ2n) is 8.36. The van der Waals surface area contributed by atoms with Gasteiger partial charge < -0.3 is 9.64 Å². The van der Waals surface area contributed by atoms with Gasteiger partial charge in [0.05, 0.1) is 5.69 Å². The predicted octanol–water partition coefficient (Wildman–Crippen LogP) is 4.59. The fourth-order valence-corrected chi connectivity index (χ4v) is 4.11. The van der Waals surface area contributed by atoms with Crippen molar-refractivity contribution in [2.75, 3.05) is 13.1 Å². The van der Waals surface area contributed by atoms with Gasteiger partial charge >= 0.3 is 0 Å². The first-order chi connectivity index (χ1) is 17.1. The Bertz CT molecular complexity index is 1340. The van der Waals surface area contributed by atoms with Crippen LogP contribution >= 0.6 is 0 Å². The number of carbonyl (C=O) groups is 1. The summed E-state index contributed by atoms with van der Waals surface area (Å²) in [6.07, 6.45) is 7.86. The second kappa shape index (κ2) is 9.92. The number of aromatic nitrogens is 5. The van der Waals surface area contributed by atoms with Gasteiger partial charge in [0.15, 0.2) is 11.6 Å². The van der Waals surface area contributed by atoms with Crippen molar-refractivity contribution in [2.24, 2.45) is 0 Å². The van der Waals surface area contributed by atoms with Crippen LogP contribution < -0.4 is 4.74 Å². The number of benzene rings is 1. The number of aryl methyl sites for hydroxylation is 1. The lowest BCUT2D eigenvalue weighted by molar-refractivity contribution is 0.0710. The summed E-state index contributed by atoms with van der Waals surface area (Å²) in [5.74, 6) is 0.671. The van der Waals surface area contributed by atoms with Crippen LogP contribution in [0.5, 0.6) is 11.6 Å². The zero-order valence-corrected chi connectivity index (χ0v) is 19.1. The lowest BCUT2D eigenvalue weighted by Crippen LogP contribution is -2.38. The first-order valence-corrected chi connectivity index (χ1v) is 11.4. The van der Waals surface area contributed by atoms with Crippen LogP contribution in [0.4, 0.5) is 4.39 Å². The average Bonchev–Trinajstić information content (AvgIpc) is 2.90. The number of likely N-dealkylation sites (tertiary alicyclic amines) is 1. The van der Waals surface area contributed by atoms with Crippen LogP contribution in [0, 0.1) is 12.7 Å². The molecule has 4 heterocycles. The number of nitrogens with zero attached hydrogens (tertiary/aromatic N) is 6. The van der Waals surface area contributed by atoms with E-state index in [0.717, 1.165) is 24.1 Å². The summed E-state index contributed by atoms with van der Waals surface area (Å²) in [5, 5.41) is 0. The van der Waals surface area contributed by atoms with Gasteiger partial charge in [-0.1, -0.05) is 12.1 Å². The molecule has 1 aromatic carbocycles. The predicted molar refractivity (Wildman–Crippen MR) is 126 cm³/mol. The highest BCUT2D eigenvalue weighted by Crippen LogP contribution is 2.30. The Morgan fingerprint density at radius 2 is 1.83 bits per heavy atom. The molecule has 0 unspecified atom stereocenters. The molecular weight excluding hydrogens is 447 g/mol. The number of carbonyl (C=O) groups excluding carboxylic acids is 1. The Morgan fingerprint density at radius 1 is 1.06 bits per heavy atom. The van der Waals surface area contributed by atoms with Crippen LogP contribution in [-0.2, 0) is 0 Å². The zero-order chi connectivity index (χ0) is 24.2. The van der Waals surface area contributed by atoms with Crippen molar-refractivity contribution in [2.45, 2.75) is 25.7 Å². The summed E-state index contributed by atoms with van der Waals surface area (Å²) < 4.78 is 19.7. The molecule has 3 aromatic heterocycles. The van der Waals surface area contributed by atoms with E-state index >= 15 is 0 Å². The number of hydrogen-bond acceptors (Lipinski definition) is 7. The maximum absolute atomic E-state index is 14.0. The van der Waals surface area contributed by atoms with Crippen LogP contribution in [0.1, 0.15) is 40.6 Å². The summed E-state index contributed by atoms with van der Waals surface area (Å²) in [5.41, 5.74) is 2.73. The number of ether oxygens (including phenoxy) is 1. The molecule has 9 heteroatoms. The van der Waals surface area contributed by atoms with Crippen molar-refractivity contribution < 1.29 is 13.9 Å². The van der Waals surface area contributed by atoms with Crippen LogP contribution in [-0.4, -0.2) is 48.8 Å². The van der Waals surface area contributed by atoms with E-state index in [2.05, 4.69) is 24.9 Å². The number of rotatable bonds is 5. The molecule has 1 saturated heterocycles. The molecule has 0 radical (unpaired) electrons. The minimum Gasteiger partial charge on any atom is -0.436 e. The molecule has 1 amide bonds. The lowest BCUT2D eigenvalue weighted by atomic mass is 9.95. The van der Waals surface area contributed by atoms with E-state index in [9.17, 15) is 9.18 Å². The molecule has 0 aliphatic carbocycles. The van der Waals surface area contributed by atoms with Crippen LogP contribution in [0.25, 0.3) is 11.3 Å². The summed E-state index contributed by atoms with van der Waals surface area (Å²) in [6.45, 7) is 3.02.